The second kappa shape index (κ2) is 8.26. The summed E-state index contributed by atoms with van der Waals surface area (Å²) in [7, 11) is -3.43. The highest BCUT2D eigenvalue weighted by Gasteiger charge is 2.30. The number of aromatic nitrogens is 4. The normalized spacial score (nSPS) is 12.8. The Morgan fingerprint density at radius 1 is 0.667 bits per heavy atom. The summed E-state index contributed by atoms with van der Waals surface area (Å²) in [5.41, 5.74) is 1.43. The molecule has 4 heterocycles. The molecule has 4 aromatic rings. The summed E-state index contributed by atoms with van der Waals surface area (Å²) in [5.74, 6) is 1.94. The fraction of sp³-hybridized carbons (Fsp3) is 0.333. The summed E-state index contributed by atoms with van der Waals surface area (Å²) in [4.78, 5) is 10.2. The van der Waals surface area contributed by atoms with E-state index >= 15 is 0 Å². The van der Waals surface area contributed by atoms with E-state index in [-0.39, 0.29) is 5.41 Å². The van der Waals surface area contributed by atoms with Gasteiger partial charge in [0.15, 0.2) is 8.07 Å². The van der Waals surface area contributed by atoms with Crippen LogP contribution in [0.25, 0.3) is 11.6 Å². The van der Waals surface area contributed by atoms with Gasteiger partial charge in [-0.3, -0.25) is 0 Å². The first kappa shape index (κ1) is 23.5. The van der Waals surface area contributed by atoms with Gasteiger partial charge in [0, 0.05) is 35.4 Å². The van der Waals surface area contributed by atoms with E-state index in [1.54, 1.807) is 0 Å². The molecule has 0 saturated heterocycles. The molecule has 0 atom stereocenters. The molecule has 0 aliphatic rings. The van der Waals surface area contributed by atoms with Crippen molar-refractivity contribution in [1.82, 2.24) is 19.1 Å². The molecule has 6 heteroatoms. The van der Waals surface area contributed by atoms with Crippen LogP contribution in [0.5, 0.6) is 0 Å². The van der Waals surface area contributed by atoms with Crippen molar-refractivity contribution in [1.29, 1.82) is 0 Å². The first-order chi connectivity index (χ1) is 15.4. The minimum Gasteiger partial charge on any atom is -0.309 e. The van der Waals surface area contributed by atoms with Crippen molar-refractivity contribution in [3.8, 4) is 11.6 Å². The number of rotatable bonds is 5. The molecule has 0 unspecified atom stereocenters. The maximum atomic E-state index is 5.12. The SMILES string of the molecule is CC(C)(C)c1ccn(-c2cccc([Si](C)(C)c3cccc(-n4ccc([Si](C)(C)C)c4)n3)n2)c1. The second-order valence-electron chi connectivity index (χ2n) is 11.5. The first-order valence-electron chi connectivity index (χ1n) is 11.7. The van der Waals surface area contributed by atoms with Crippen LogP contribution in [0.4, 0.5) is 0 Å². The number of pyridine rings is 2. The molecule has 4 aromatic heterocycles. The van der Waals surface area contributed by atoms with Crippen molar-refractivity contribution in [3.63, 3.8) is 0 Å². The van der Waals surface area contributed by atoms with Crippen molar-refractivity contribution < 1.29 is 0 Å². The standard InChI is InChI=1S/C27H36N4Si2/c1-27(2,3)21-15-17-30(19-21)23-11-9-13-25(28-23)33(7,8)26-14-10-12-24(29-26)31-18-16-22(20-31)32(4,5)6/h9-20H,1-8H3. The number of hydrogen-bond donors (Lipinski definition) is 0. The van der Waals surface area contributed by atoms with E-state index in [1.165, 1.54) is 10.8 Å². The summed E-state index contributed by atoms with van der Waals surface area (Å²) < 4.78 is 4.30. The molecule has 0 bridgehead atoms. The van der Waals surface area contributed by atoms with Crippen LogP contribution in [0.2, 0.25) is 32.7 Å². The van der Waals surface area contributed by atoms with Gasteiger partial charge in [0.2, 0.25) is 0 Å². The molecular formula is C27H36N4Si2. The van der Waals surface area contributed by atoms with Gasteiger partial charge in [-0.1, -0.05) is 65.6 Å². The highest BCUT2D eigenvalue weighted by molar-refractivity contribution is 6.99. The molecule has 0 saturated carbocycles. The van der Waals surface area contributed by atoms with Crippen LogP contribution < -0.4 is 15.8 Å². The van der Waals surface area contributed by atoms with E-state index < -0.39 is 16.1 Å². The molecule has 0 aliphatic heterocycles. The minimum atomic E-state index is -2.08. The Morgan fingerprint density at radius 3 is 1.64 bits per heavy atom. The third-order valence-corrected chi connectivity index (χ3v) is 11.5. The monoisotopic (exact) mass is 472 g/mol. The third-order valence-electron chi connectivity index (χ3n) is 6.40. The van der Waals surface area contributed by atoms with Crippen molar-refractivity contribution in [2.75, 3.05) is 0 Å². The lowest BCUT2D eigenvalue weighted by Gasteiger charge is -2.22. The van der Waals surface area contributed by atoms with Gasteiger partial charge in [0.25, 0.3) is 0 Å². The third kappa shape index (κ3) is 4.82. The largest absolute Gasteiger partial charge is 0.309 e. The average molecular weight is 473 g/mol. The predicted octanol–water partition coefficient (Wildman–Crippen LogP) is 4.72. The van der Waals surface area contributed by atoms with E-state index in [4.69, 9.17) is 9.97 Å². The summed E-state index contributed by atoms with van der Waals surface area (Å²) in [6.45, 7) is 18.5. The summed E-state index contributed by atoms with van der Waals surface area (Å²) >= 11 is 0. The highest BCUT2D eigenvalue weighted by Crippen LogP contribution is 2.23. The zero-order valence-electron chi connectivity index (χ0n) is 21.2. The first-order valence-corrected chi connectivity index (χ1v) is 18.2. The van der Waals surface area contributed by atoms with Gasteiger partial charge in [0.05, 0.1) is 8.07 Å². The summed E-state index contributed by atoms with van der Waals surface area (Å²) in [5, 5.41) is 3.74. The van der Waals surface area contributed by atoms with Gasteiger partial charge < -0.3 is 9.13 Å². The molecule has 0 radical (unpaired) electrons. The number of nitrogens with zero attached hydrogens (tertiary/aromatic N) is 4. The van der Waals surface area contributed by atoms with Crippen LogP contribution in [-0.2, 0) is 5.41 Å². The predicted molar refractivity (Wildman–Crippen MR) is 146 cm³/mol. The van der Waals surface area contributed by atoms with Crippen LogP contribution in [0, 0.1) is 0 Å². The maximum absolute atomic E-state index is 5.12. The quantitative estimate of drug-likeness (QED) is 0.394. The van der Waals surface area contributed by atoms with E-state index in [0.717, 1.165) is 22.3 Å². The Hall–Kier alpha value is -2.71. The van der Waals surface area contributed by atoms with Crippen LogP contribution in [0.15, 0.2) is 73.3 Å². The van der Waals surface area contributed by atoms with E-state index in [0.29, 0.717) is 0 Å². The fourth-order valence-electron chi connectivity index (χ4n) is 3.93. The van der Waals surface area contributed by atoms with Crippen LogP contribution in [-0.4, -0.2) is 35.2 Å². The fourth-order valence-corrected chi connectivity index (χ4v) is 7.10. The summed E-state index contributed by atoms with van der Waals surface area (Å²) in [6.07, 6.45) is 8.71. The molecule has 172 valence electrons. The van der Waals surface area contributed by atoms with Gasteiger partial charge in [0.1, 0.15) is 11.6 Å². The van der Waals surface area contributed by atoms with Crippen LogP contribution >= 0.6 is 0 Å². The molecule has 33 heavy (non-hydrogen) atoms. The van der Waals surface area contributed by atoms with Gasteiger partial charge >= 0.3 is 0 Å². The van der Waals surface area contributed by atoms with Gasteiger partial charge in [-0.15, -0.1) is 0 Å². The smallest absolute Gasteiger partial charge is 0.158 e. The number of hydrogen-bond acceptors (Lipinski definition) is 2. The molecule has 0 N–H and O–H groups in total. The zero-order chi connectivity index (χ0) is 24.0. The molecule has 0 fully saturated rings. The Bertz CT molecular complexity index is 1170. The minimum absolute atomic E-state index is 0.120. The van der Waals surface area contributed by atoms with Crippen molar-refractivity contribution in [2.24, 2.45) is 0 Å². The average Bonchev–Trinajstić information content (AvgIpc) is 3.44. The Labute approximate surface area is 200 Å². The maximum Gasteiger partial charge on any atom is 0.158 e. The van der Waals surface area contributed by atoms with Crippen molar-refractivity contribution in [2.45, 2.75) is 58.9 Å². The van der Waals surface area contributed by atoms with Crippen LogP contribution in [0.1, 0.15) is 26.3 Å². The lowest BCUT2D eigenvalue weighted by Crippen LogP contribution is -2.55. The molecule has 4 nitrogen and oxygen atoms in total. The van der Waals surface area contributed by atoms with Crippen molar-refractivity contribution >= 4 is 32.0 Å². The topological polar surface area (TPSA) is 35.6 Å². The summed E-state index contributed by atoms with van der Waals surface area (Å²) in [6, 6.07) is 17.2. The van der Waals surface area contributed by atoms with E-state index in [2.05, 4.69) is 136 Å². The van der Waals surface area contributed by atoms with E-state index in [1.807, 2.05) is 0 Å². The lowest BCUT2D eigenvalue weighted by molar-refractivity contribution is 0.590. The van der Waals surface area contributed by atoms with Crippen molar-refractivity contribution in [3.05, 3.63) is 78.9 Å². The Kier molecular flexibility index (Phi) is 5.87. The molecule has 4 rings (SSSR count). The molecule has 0 amide bonds. The van der Waals surface area contributed by atoms with Gasteiger partial charge in [-0.25, -0.2) is 9.97 Å². The van der Waals surface area contributed by atoms with E-state index in [9.17, 15) is 0 Å². The lowest BCUT2D eigenvalue weighted by atomic mass is 9.89. The zero-order valence-corrected chi connectivity index (χ0v) is 23.2. The van der Waals surface area contributed by atoms with Gasteiger partial charge in [-0.05, 0) is 52.6 Å². The van der Waals surface area contributed by atoms with Crippen LogP contribution in [0.3, 0.4) is 0 Å². The molecule has 0 spiro atoms. The molecule has 0 aliphatic carbocycles. The highest BCUT2D eigenvalue weighted by atomic mass is 28.3. The van der Waals surface area contributed by atoms with Gasteiger partial charge in [-0.2, -0.15) is 0 Å². The molecular weight excluding hydrogens is 436 g/mol. The Morgan fingerprint density at radius 2 is 1.18 bits per heavy atom. The second-order valence-corrected chi connectivity index (χ2v) is 20.9. The molecule has 0 aromatic carbocycles. The Balaban J connectivity index is 1.68.